The van der Waals surface area contributed by atoms with Crippen LogP contribution in [0.1, 0.15) is 67.2 Å². The molecule has 0 bridgehead atoms. The Bertz CT molecular complexity index is 177. The van der Waals surface area contributed by atoms with E-state index in [-0.39, 0.29) is 0 Å². The number of rotatable bonds is 3. The fourth-order valence-corrected chi connectivity index (χ4v) is 2.32. The van der Waals surface area contributed by atoms with Gasteiger partial charge in [0, 0.05) is 0 Å². The summed E-state index contributed by atoms with van der Waals surface area (Å²) in [5.74, 6) is 2.12. The Morgan fingerprint density at radius 1 is 0.857 bits per heavy atom. The molecule has 0 aromatic rings. The van der Waals surface area contributed by atoms with Crippen molar-refractivity contribution >= 4 is 0 Å². The van der Waals surface area contributed by atoms with Crippen LogP contribution in [-0.2, 0) is 0 Å². The maximum absolute atomic E-state index is 2.37. The van der Waals surface area contributed by atoms with Gasteiger partial charge in [-0.25, -0.2) is 0 Å². The van der Waals surface area contributed by atoms with Crippen LogP contribution in [0, 0.1) is 22.7 Å². The van der Waals surface area contributed by atoms with E-state index in [1.807, 2.05) is 0 Å². The van der Waals surface area contributed by atoms with Crippen molar-refractivity contribution in [3.63, 3.8) is 0 Å². The Labute approximate surface area is 90.5 Å². The molecule has 1 fully saturated rings. The summed E-state index contributed by atoms with van der Waals surface area (Å²) < 4.78 is 0. The van der Waals surface area contributed by atoms with Crippen LogP contribution < -0.4 is 0 Å². The lowest BCUT2D eigenvalue weighted by Gasteiger charge is -2.19. The van der Waals surface area contributed by atoms with E-state index in [0.29, 0.717) is 10.8 Å². The third-order valence-corrected chi connectivity index (χ3v) is 3.21. The van der Waals surface area contributed by atoms with Crippen LogP contribution in [-0.4, -0.2) is 0 Å². The van der Waals surface area contributed by atoms with Crippen molar-refractivity contribution in [2.24, 2.45) is 22.7 Å². The van der Waals surface area contributed by atoms with Gasteiger partial charge in [-0.15, -0.1) is 0 Å². The van der Waals surface area contributed by atoms with Crippen molar-refractivity contribution < 1.29 is 0 Å². The van der Waals surface area contributed by atoms with Crippen molar-refractivity contribution in [2.45, 2.75) is 67.2 Å². The zero-order valence-electron chi connectivity index (χ0n) is 11.0. The molecule has 0 N–H and O–H groups in total. The molecule has 84 valence electrons. The summed E-state index contributed by atoms with van der Waals surface area (Å²) in [5, 5.41) is 0. The van der Waals surface area contributed by atoms with Crippen LogP contribution in [0.3, 0.4) is 0 Å². The quantitative estimate of drug-likeness (QED) is 0.603. The maximum Gasteiger partial charge on any atom is -0.0378 e. The zero-order valence-corrected chi connectivity index (χ0v) is 11.0. The van der Waals surface area contributed by atoms with Gasteiger partial charge in [-0.05, 0) is 48.3 Å². The third-order valence-electron chi connectivity index (χ3n) is 3.21. The second-order valence-corrected chi connectivity index (χ2v) is 7.62. The van der Waals surface area contributed by atoms with E-state index in [1.54, 1.807) is 0 Å². The highest BCUT2D eigenvalue weighted by molar-refractivity contribution is 4.89. The molecule has 0 heterocycles. The standard InChI is InChI=1S/C14H28/c1-13(2,3)8-7-11-9-12(11)10-14(4,5)6/h11-12H,7-10H2,1-6H3/t11-,12-/m0/s1. The van der Waals surface area contributed by atoms with E-state index in [4.69, 9.17) is 0 Å². The van der Waals surface area contributed by atoms with Gasteiger partial charge >= 0.3 is 0 Å². The van der Waals surface area contributed by atoms with Gasteiger partial charge in [0.05, 0.1) is 0 Å². The van der Waals surface area contributed by atoms with Crippen molar-refractivity contribution in [3.05, 3.63) is 0 Å². The van der Waals surface area contributed by atoms with Gasteiger partial charge < -0.3 is 0 Å². The fourth-order valence-electron chi connectivity index (χ4n) is 2.32. The first-order chi connectivity index (χ1) is 6.17. The lowest BCUT2D eigenvalue weighted by atomic mass is 9.86. The molecule has 0 aromatic heterocycles. The molecular formula is C14H28. The molecule has 0 nitrogen and oxygen atoms in total. The summed E-state index contributed by atoms with van der Waals surface area (Å²) in [4.78, 5) is 0. The second kappa shape index (κ2) is 3.87. The molecule has 1 rings (SSSR count). The van der Waals surface area contributed by atoms with Gasteiger partial charge in [-0.2, -0.15) is 0 Å². The SMILES string of the molecule is CC(C)(C)CC[C@H]1C[C@H]1CC(C)(C)C. The van der Waals surface area contributed by atoms with Crippen molar-refractivity contribution in [1.29, 1.82) is 0 Å². The molecule has 1 aliphatic rings. The topological polar surface area (TPSA) is 0 Å². The molecule has 2 atom stereocenters. The largest absolute Gasteiger partial charge is 0.0602 e. The van der Waals surface area contributed by atoms with E-state index in [9.17, 15) is 0 Å². The van der Waals surface area contributed by atoms with Crippen LogP contribution in [0.15, 0.2) is 0 Å². The molecule has 0 spiro atoms. The van der Waals surface area contributed by atoms with Gasteiger partial charge in [-0.1, -0.05) is 41.5 Å². The predicted molar refractivity (Wildman–Crippen MR) is 64.4 cm³/mol. The first kappa shape index (κ1) is 12.1. The van der Waals surface area contributed by atoms with Crippen LogP contribution in [0.4, 0.5) is 0 Å². The maximum atomic E-state index is 2.37. The Balaban J connectivity index is 2.15. The first-order valence-electron chi connectivity index (χ1n) is 6.17. The minimum Gasteiger partial charge on any atom is -0.0602 e. The highest BCUT2D eigenvalue weighted by Crippen LogP contribution is 2.49. The Hall–Kier alpha value is 0. The van der Waals surface area contributed by atoms with Gasteiger partial charge in [0.15, 0.2) is 0 Å². The number of hydrogen-bond acceptors (Lipinski definition) is 0. The van der Waals surface area contributed by atoms with Crippen molar-refractivity contribution in [2.75, 3.05) is 0 Å². The van der Waals surface area contributed by atoms with Gasteiger partial charge in [-0.3, -0.25) is 0 Å². The summed E-state index contributed by atoms with van der Waals surface area (Å²) in [6, 6.07) is 0. The lowest BCUT2D eigenvalue weighted by Crippen LogP contribution is -2.08. The van der Waals surface area contributed by atoms with Crippen LogP contribution in [0.2, 0.25) is 0 Å². The molecule has 1 aliphatic carbocycles. The Morgan fingerprint density at radius 3 is 1.86 bits per heavy atom. The molecule has 1 saturated carbocycles. The summed E-state index contributed by atoms with van der Waals surface area (Å²) in [6.07, 6.45) is 5.80. The number of hydrogen-bond donors (Lipinski definition) is 0. The molecule has 0 aliphatic heterocycles. The highest BCUT2D eigenvalue weighted by Gasteiger charge is 2.39. The second-order valence-electron chi connectivity index (χ2n) is 7.62. The molecule has 0 radical (unpaired) electrons. The molecule has 0 saturated heterocycles. The monoisotopic (exact) mass is 196 g/mol. The zero-order chi connectivity index (χ0) is 11.0. The summed E-state index contributed by atoms with van der Waals surface area (Å²) >= 11 is 0. The molecule has 0 aromatic carbocycles. The van der Waals surface area contributed by atoms with E-state index < -0.39 is 0 Å². The summed E-state index contributed by atoms with van der Waals surface area (Å²) in [7, 11) is 0. The van der Waals surface area contributed by atoms with Crippen LogP contribution in [0.5, 0.6) is 0 Å². The van der Waals surface area contributed by atoms with Crippen molar-refractivity contribution in [3.8, 4) is 0 Å². The van der Waals surface area contributed by atoms with Gasteiger partial charge in [0.1, 0.15) is 0 Å². The molecule has 0 heteroatoms. The van der Waals surface area contributed by atoms with E-state index in [0.717, 1.165) is 11.8 Å². The van der Waals surface area contributed by atoms with Gasteiger partial charge in [0.25, 0.3) is 0 Å². The molecule has 0 unspecified atom stereocenters. The summed E-state index contributed by atoms with van der Waals surface area (Å²) in [5.41, 5.74) is 1.08. The normalized spacial score (nSPS) is 27.9. The van der Waals surface area contributed by atoms with E-state index in [2.05, 4.69) is 41.5 Å². The Morgan fingerprint density at radius 2 is 1.43 bits per heavy atom. The molecular weight excluding hydrogens is 168 g/mol. The van der Waals surface area contributed by atoms with E-state index in [1.165, 1.54) is 25.7 Å². The smallest absolute Gasteiger partial charge is 0.0378 e. The van der Waals surface area contributed by atoms with Gasteiger partial charge in [0.2, 0.25) is 0 Å². The van der Waals surface area contributed by atoms with E-state index >= 15 is 0 Å². The third kappa shape index (κ3) is 5.02. The average Bonchev–Trinajstić information content (AvgIpc) is 2.58. The average molecular weight is 196 g/mol. The van der Waals surface area contributed by atoms with Crippen LogP contribution in [0.25, 0.3) is 0 Å². The molecule has 0 amide bonds. The first-order valence-corrected chi connectivity index (χ1v) is 6.17. The summed E-state index contributed by atoms with van der Waals surface area (Å²) in [6.45, 7) is 14.2. The molecule has 14 heavy (non-hydrogen) atoms. The Kier molecular flexibility index (Phi) is 3.33. The lowest BCUT2D eigenvalue weighted by molar-refractivity contribution is 0.320. The minimum atomic E-state index is 0.537. The minimum absolute atomic E-state index is 0.537. The van der Waals surface area contributed by atoms with Crippen molar-refractivity contribution in [1.82, 2.24) is 0 Å². The fraction of sp³-hybridized carbons (Fsp3) is 1.00. The van der Waals surface area contributed by atoms with Crippen LogP contribution >= 0.6 is 0 Å². The predicted octanol–water partition coefficient (Wildman–Crippen LogP) is 4.89. The highest BCUT2D eigenvalue weighted by atomic mass is 14.4.